The van der Waals surface area contributed by atoms with Crippen LogP contribution in [0, 0.1) is 5.82 Å². The third kappa shape index (κ3) is 3.82. The molecule has 0 radical (unpaired) electrons. The van der Waals surface area contributed by atoms with E-state index < -0.39 is 0 Å². The minimum absolute atomic E-state index is 0.0759. The third-order valence-corrected chi connectivity index (χ3v) is 4.20. The van der Waals surface area contributed by atoms with Gasteiger partial charge in [0.1, 0.15) is 11.6 Å². The van der Waals surface area contributed by atoms with Crippen LogP contribution < -0.4 is 5.73 Å². The Bertz CT molecular complexity index is 1100. The van der Waals surface area contributed by atoms with E-state index >= 15 is 0 Å². The molecule has 0 aliphatic heterocycles. The minimum Gasteiger partial charge on any atom is -0.366 e. The van der Waals surface area contributed by atoms with Crippen molar-refractivity contribution in [1.82, 2.24) is 19.6 Å². The van der Waals surface area contributed by atoms with Gasteiger partial charge in [-0.3, -0.25) is 9.78 Å². The van der Waals surface area contributed by atoms with Crippen molar-refractivity contribution in [2.24, 2.45) is 0 Å². The van der Waals surface area contributed by atoms with Crippen molar-refractivity contribution in [3.05, 3.63) is 77.9 Å². The lowest BCUT2D eigenvalue weighted by atomic mass is 10.0. The van der Waals surface area contributed by atoms with Crippen LogP contribution in [-0.2, 0) is 17.6 Å². The van der Waals surface area contributed by atoms with Gasteiger partial charge in [-0.1, -0.05) is 36.4 Å². The number of fused-ring (bicyclic) bond motifs is 1. The number of Topliss-reactive ketones (excluding diaryl/α,β-unsaturated/α-hetero) is 1. The number of carbonyl (C=O) groups is 1. The van der Waals surface area contributed by atoms with Crippen molar-refractivity contribution in [3.8, 4) is 11.3 Å². The van der Waals surface area contributed by atoms with Crippen LogP contribution in [0.4, 0.5) is 10.3 Å². The maximum Gasteiger partial charge on any atom is 0.240 e. The van der Waals surface area contributed by atoms with Gasteiger partial charge in [0.15, 0.2) is 5.65 Å². The van der Waals surface area contributed by atoms with Crippen LogP contribution in [0.3, 0.4) is 0 Å². The molecule has 0 unspecified atom stereocenters. The van der Waals surface area contributed by atoms with Crippen molar-refractivity contribution < 1.29 is 9.18 Å². The molecule has 134 valence electrons. The van der Waals surface area contributed by atoms with E-state index in [1.54, 1.807) is 29.0 Å². The second kappa shape index (κ2) is 6.95. The van der Waals surface area contributed by atoms with E-state index in [1.807, 2.05) is 24.3 Å². The number of carbonyl (C=O) groups excluding carboxylic acids is 1. The molecule has 2 N–H and O–H groups in total. The lowest BCUT2D eigenvalue weighted by Crippen LogP contribution is -2.06. The first-order chi connectivity index (χ1) is 13.1. The number of halogens is 1. The highest BCUT2D eigenvalue weighted by atomic mass is 19.1. The van der Waals surface area contributed by atoms with Gasteiger partial charge in [-0.15, -0.1) is 5.10 Å². The lowest BCUT2D eigenvalue weighted by molar-refractivity contribution is -0.117. The van der Waals surface area contributed by atoms with Gasteiger partial charge in [0.25, 0.3) is 0 Å². The monoisotopic (exact) mass is 361 g/mol. The highest BCUT2D eigenvalue weighted by Crippen LogP contribution is 2.18. The number of anilines is 1. The van der Waals surface area contributed by atoms with Gasteiger partial charge in [0.2, 0.25) is 5.95 Å². The van der Waals surface area contributed by atoms with Crippen molar-refractivity contribution >= 4 is 17.4 Å². The minimum atomic E-state index is -0.304. The molecule has 0 aliphatic carbocycles. The fraction of sp³-hybridized carbons (Fsp3) is 0.100. The summed E-state index contributed by atoms with van der Waals surface area (Å²) in [5.74, 6) is -0.0295. The molecule has 0 amide bonds. The summed E-state index contributed by atoms with van der Waals surface area (Å²) in [6.45, 7) is 0. The molecule has 7 heteroatoms. The zero-order valence-electron chi connectivity index (χ0n) is 14.3. The lowest BCUT2D eigenvalue weighted by Gasteiger charge is -2.05. The number of hydrogen-bond acceptors (Lipinski definition) is 5. The molecular weight excluding hydrogens is 345 g/mol. The van der Waals surface area contributed by atoms with Crippen LogP contribution in [0.5, 0.6) is 0 Å². The first-order valence-electron chi connectivity index (χ1n) is 8.40. The predicted molar refractivity (Wildman–Crippen MR) is 99.4 cm³/mol. The topological polar surface area (TPSA) is 86.2 Å². The Labute approximate surface area is 154 Å². The molecule has 2 aromatic carbocycles. The van der Waals surface area contributed by atoms with Crippen LogP contribution in [0.2, 0.25) is 0 Å². The quantitative estimate of drug-likeness (QED) is 0.591. The molecule has 2 heterocycles. The summed E-state index contributed by atoms with van der Waals surface area (Å²) in [6.07, 6.45) is 3.98. The van der Waals surface area contributed by atoms with E-state index in [1.165, 1.54) is 12.1 Å². The smallest absolute Gasteiger partial charge is 0.240 e. The van der Waals surface area contributed by atoms with Gasteiger partial charge in [0.05, 0.1) is 18.1 Å². The highest BCUT2D eigenvalue weighted by molar-refractivity contribution is 5.83. The summed E-state index contributed by atoms with van der Waals surface area (Å²) in [5.41, 5.74) is 9.53. The SMILES string of the molecule is Nc1nc2cnc(-c3ccc(CC(=O)Cc4ccc(F)cc4)cc3)cn2n1. The third-order valence-electron chi connectivity index (χ3n) is 4.20. The number of nitrogen functional groups attached to an aromatic ring is 1. The first kappa shape index (κ1) is 16.8. The molecule has 0 saturated heterocycles. The van der Waals surface area contributed by atoms with Crippen molar-refractivity contribution in [2.45, 2.75) is 12.8 Å². The fourth-order valence-electron chi connectivity index (χ4n) is 2.87. The van der Waals surface area contributed by atoms with Crippen LogP contribution >= 0.6 is 0 Å². The molecule has 2 aromatic heterocycles. The maximum atomic E-state index is 12.9. The number of hydrogen-bond donors (Lipinski definition) is 1. The molecule has 6 nitrogen and oxygen atoms in total. The molecular formula is C20H16FN5O. The van der Waals surface area contributed by atoms with E-state index in [9.17, 15) is 9.18 Å². The largest absolute Gasteiger partial charge is 0.366 e. The fourth-order valence-corrected chi connectivity index (χ4v) is 2.87. The Hall–Kier alpha value is -3.61. The second-order valence-electron chi connectivity index (χ2n) is 6.26. The van der Waals surface area contributed by atoms with Gasteiger partial charge < -0.3 is 5.73 Å². The Morgan fingerprint density at radius 3 is 2.30 bits per heavy atom. The van der Waals surface area contributed by atoms with Crippen molar-refractivity contribution in [1.29, 1.82) is 0 Å². The molecule has 0 spiro atoms. The van der Waals surface area contributed by atoms with Gasteiger partial charge in [0, 0.05) is 18.4 Å². The van der Waals surface area contributed by atoms with Crippen LogP contribution in [0.1, 0.15) is 11.1 Å². The van der Waals surface area contributed by atoms with E-state index in [0.29, 0.717) is 12.1 Å². The summed E-state index contributed by atoms with van der Waals surface area (Å²) in [6, 6.07) is 13.6. The summed E-state index contributed by atoms with van der Waals surface area (Å²) in [7, 11) is 0. The van der Waals surface area contributed by atoms with E-state index in [-0.39, 0.29) is 24.0 Å². The number of nitrogens with two attached hydrogens (primary N) is 1. The molecule has 0 bridgehead atoms. The summed E-state index contributed by atoms with van der Waals surface area (Å²) in [5, 5.41) is 4.08. The van der Waals surface area contributed by atoms with Crippen LogP contribution in [0.25, 0.3) is 16.9 Å². The van der Waals surface area contributed by atoms with Gasteiger partial charge in [-0.25, -0.2) is 8.91 Å². The first-order valence-corrected chi connectivity index (χ1v) is 8.40. The standard InChI is InChI=1S/C20H16FN5O/c21-16-7-3-14(4-8-16)10-17(27)9-13-1-5-15(6-2-13)18-12-26-19(11-23-18)24-20(22)25-26/h1-8,11-12H,9-10H2,(H2,22,25). The van der Waals surface area contributed by atoms with Gasteiger partial charge >= 0.3 is 0 Å². The summed E-state index contributed by atoms with van der Waals surface area (Å²) < 4.78 is 14.5. The van der Waals surface area contributed by atoms with Crippen LogP contribution in [0.15, 0.2) is 60.9 Å². The van der Waals surface area contributed by atoms with Gasteiger partial charge in [-0.05, 0) is 23.3 Å². The van der Waals surface area contributed by atoms with E-state index in [2.05, 4.69) is 15.1 Å². The summed E-state index contributed by atoms with van der Waals surface area (Å²) >= 11 is 0. The molecule has 0 aliphatic rings. The maximum absolute atomic E-state index is 12.9. The number of rotatable bonds is 5. The normalized spacial score (nSPS) is 11.0. The number of ketones is 1. The Morgan fingerprint density at radius 2 is 1.63 bits per heavy atom. The number of aromatic nitrogens is 4. The Kier molecular flexibility index (Phi) is 4.33. The summed E-state index contributed by atoms with van der Waals surface area (Å²) in [4.78, 5) is 20.6. The van der Waals surface area contributed by atoms with E-state index in [0.717, 1.165) is 22.4 Å². The molecule has 27 heavy (non-hydrogen) atoms. The zero-order valence-corrected chi connectivity index (χ0v) is 14.3. The average Bonchev–Trinajstić information content (AvgIpc) is 3.03. The second-order valence-corrected chi connectivity index (χ2v) is 6.26. The molecule has 0 atom stereocenters. The van der Waals surface area contributed by atoms with Gasteiger partial charge in [-0.2, -0.15) is 4.98 Å². The Morgan fingerprint density at radius 1 is 1.00 bits per heavy atom. The molecule has 4 aromatic rings. The molecule has 4 rings (SSSR count). The number of benzene rings is 2. The van der Waals surface area contributed by atoms with Crippen molar-refractivity contribution in [2.75, 3.05) is 5.73 Å². The highest BCUT2D eigenvalue weighted by Gasteiger charge is 2.08. The average molecular weight is 361 g/mol. The van der Waals surface area contributed by atoms with Crippen molar-refractivity contribution in [3.63, 3.8) is 0 Å². The Balaban J connectivity index is 1.46. The predicted octanol–water partition coefficient (Wildman–Crippen LogP) is 2.87. The van der Waals surface area contributed by atoms with E-state index in [4.69, 9.17) is 5.73 Å². The van der Waals surface area contributed by atoms with Crippen LogP contribution in [-0.4, -0.2) is 25.4 Å². The number of nitrogens with zero attached hydrogens (tertiary/aromatic N) is 4. The molecule has 0 fully saturated rings. The zero-order chi connectivity index (χ0) is 18.8. The molecule has 0 saturated carbocycles.